The number of carbonyl (C=O) groups is 2. The molecule has 0 heterocycles. The number of amides is 2. The molecular formula is C23H24N2O5. The van der Waals surface area contributed by atoms with Crippen LogP contribution in [0.25, 0.3) is 17.7 Å². The summed E-state index contributed by atoms with van der Waals surface area (Å²) in [6, 6.07) is 12.9. The second kappa shape index (κ2) is 9.76. The SMILES string of the molecule is COc1ccc(C=C(C(=O)NC2CC2)c2cccc(/C=C/C(=O)NO)c2)cc1OC. The molecule has 0 atom stereocenters. The van der Waals surface area contributed by atoms with E-state index in [1.54, 1.807) is 62.2 Å². The van der Waals surface area contributed by atoms with Gasteiger partial charge in [0, 0.05) is 17.7 Å². The van der Waals surface area contributed by atoms with Gasteiger partial charge in [0.15, 0.2) is 11.5 Å². The third kappa shape index (κ3) is 5.48. The molecule has 1 aliphatic carbocycles. The molecule has 7 heteroatoms. The lowest BCUT2D eigenvalue weighted by Crippen LogP contribution is -2.26. The van der Waals surface area contributed by atoms with Crippen LogP contribution in [0.1, 0.15) is 29.5 Å². The lowest BCUT2D eigenvalue weighted by molar-refractivity contribution is -0.124. The monoisotopic (exact) mass is 408 g/mol. The van der Waals surface area contributed by atoms with Crippen LogP contribution in [0.2, 0.25) is 0 Å². The molecule has 3 N–H and O–H groups in total. The Morgan fingerprint density at radius 3 is 2.47 bits per heavy atom. The molecule has 2 aromatic carbocycles. The minimum Gasteiger partial charge on any atom is -0.493 e. The van der Waals surface area contributed by atoms with E-state index in [-0.39, 0.29) is 11.9 Å². The molecule has 0 radical (unpaired) electrons. The molecular weight excluding hydrogens is 384 g/mol. The first-order valence-electron chi connectivity index (χ1n) is 9.51. The van der Waals surface area contributed by atoms with Crippen LogP contribution in [-0.4, -0.2) is 37.3 Å². The molecule has 0 aromatic heterocycles. The van der Waals surface area contributed by atoms with Crippen LogP contribution in [0, 0.1) is 0 Å². The highest BCUT2D eigenvalue weighted by molar-refractivity contribution is 6.24. The predicted octanol–water partition coefficient (Wildman–Crippen LogP) is 3.04. The van der Waals surface area contributed by atoms with Crippen molar-refractivity contribution in [3.63, 3.8) is 0 Å². The van der Waals surface area contributed by atoms with Gasteiger partial charge in [0.25, 0.3) is 11.8 Å². The Morgan fingerprint density at radius 2 is 1.80 bits per heavy atom. The highest BCUT2D eigenvalue weighted by Gasteiger charge is 2.25. The molecule has 0 spiro atoms. The molecule has 0 aliphatic heterocycles. The van der Waals surface area contributed by atoms with E-state index in [0.717, 1.165) is 18.4 Å². The molecule has 7 nitrogen and oxygen atoms in total. The van der Waals surface area contributed by atoms with E-state index >= 15 is 0 Å². The zero-order valence-electron chi connectivity index (χ0n) is 16.8. The topological polar surface area (TPSA) is 96.9 Å². The van der Waals surface area contributed by atoms with Gasteiger partial charge < -0.3 is 14.8 Å². The van der Waals surface area contributed by atoms with Gasteiger partial charge in [-0.05, 0) is 59.9 Å². The standard InChI is InChI=1S/C23H24N2O5/c1-29-20-10-6-16(14-21(20)30-2)13-19(23(27)24-18-8-9-18)17-5-3-4-15(12-17)7-11-22(26)25-28/h3-7,10-14,18,28H,8-9H2,1-2H3,(H,24,27)(H,25,26)/b11-7+,19-13?. The van der Waals surface area contributed by atoms with Crippen LogP contribution in [-0.2, 0) is 9.59 Å². The third-order valence-electron chi connectivity index (χ3n) is 4.61. The first kappa shape index (κ1) is 21.1. The van der Waals surface area contributed by atoms with Crippen molar-refractivity contribution in [1.29, 1.82) is 0 Å². The average Bonchev–Trinajstić information content (AvgIpc) is 3.59. The van der Waals surface area contributed by atoms with Crippen LogP contribution in [0.15, 0.2) is 48.5 Å². The minimum absolute atomic E-state index is 0.165. The second-order valence-corrected chi connectivity index (χ2v) is 6.86. The maximum Gasteiger partial charge on any atom is 0.267 e. The van der Waals surface area contributed by atoms with Crippen LogP contribution < -0.4 is 20.3 Å². The molecule has 3 rings (SSSR count). The Kier molecular flexibility index (Phi) is 6.87. The van der Waals surface area contributed by atoms with Gasteiger partial charge in [0.05, 0.1) is 14.2 Å². The summed E-state index contributed by atoms with van der Waals surface area (Å²) in [5.41, 5.74) is 4.25. The summed E-state index contributed by atoms with van der Waals surface area (Å²) in [5, 5.41) is 11.7. The highest BCUT2D eigenvalue weighted by Crippen LogP contribution is 2.30. The van der Waals surface area contributed by atoms with Crippen molar-refractivity contribution in [1.82, 2.24) is 10.8 Å². The molecule has 1 aliphatic rings. The quantitative estimate of drug-likeness (QED) is 0.270. The van der Waals surface area contributed by atoms with E-state index in [9.17, 15) is 9.59 Å². The van der Waals surface area contributed by atoms with Gasteiger partial charge in [-0.3, -0.25) is 14.8 Å². The number of methoxy groups -OCH3 is 2. The first-order valence-corrected chi connectivity index (χ1v) is 9.51. The van der Waals surface area contributed by atoms with Crippen molar-refractivity contribution in [2.45, 2.75) is 18.9 Å². The largest absolute Gasteiger partial charge is 0.493 e. The number of carbonyl (C=O) groups excluding carboxylic acids is 2. The summed E-state index contributed by atoms with van der Waals surface area (Å²) in [4.78, 5) is 24.2. The van der Waals surface area contributed by atoms with Gasteiger partial charge in [0.2, 0.25) is 0 Å². The van der Waals surface area contributed by atoms with Crippen LogP contribution in [0.4, 0.5) is 0 Å². The molecule has 2 amide bonds. The van der Waals surface area contributed by atoms with Gasteiger partial charge in [-0.1, -0.05) is 24.3 Å². The second-order valence-electron chi connectivity index (χ2n) is 6.86. The van der Waals surface area contributed by atoms with Crippen molar-refractivity contribution in [2.24, 2.45) is 0 Å². The summed E-state index contributed by atoms with van der Waals surface area (Å²) in [7, 11) is 3.13. The van der Waals surface area contributed by atoms with Crippen LogP contribution >= 0.6 is 0 Å². The molecule has 156 valence electrons. The summed E-state index contributed by atoms with van der Waals surface area (Å²) < 4.78 is 10.6. The van der Waals surface area contributed by atoms with Crippen molar-refractivity contribution in [3.05, 3.63) is 65.2 Å². The van der Waals surface area contributed by atoms with Gasteiger partial charge in [-0.2, -0.15) is 0 Å². The highest BCUT2D eigenvalue weighted by atomic mass is 16.5. The summed E-state index contributed by atoms with van der Waals surface area (Å²) >= 11 is 0. The van der Waals surface area contributed by atoms with Gasteiger partial charge in [-0.15, -0.1) is 0 Å². The van der Waals surface area contributed by atoms with Crippen molar-refractivity contribution >= 4 is 29.5 Å². The lowest BCUT2D eigenvalue weighted by atomic mass is 9.99. The van der Waals surface area contributed by atoms with E-state index in [2.05, 4.69) is 5.32 Å². The average molecular weight is 408 g/mol. The predicted molar refractivity (Wildman–Crippen MR) is 114 cm³/mol. The molecule has 0 saturated heterocycles. The van der Waals surface area contributed by atoms with Crippen LogP contribution in [0.3, 0.4) is 0 Å². The zero-order chi connectivity index (χ0) is 21.5. The zero-order valence-corrected chi connectivity index (χ0v) is 16.8. The Bertz CT molecular complexity index is 993. The van der Waals surface area contributed by atoms with E-state index in [4.69, 9.17) is 14.7 Å². The minimum atomic E-state index is -0.632. The number of rotatable bonds is 8. The fourth-order valence-electron chi connectivity index (χ4n) is 2.90. The van der Waals surface area contributed by atoms with Crippen molar-refractivity contribution in [2.75, 3.05) is 14.2 Å². The van der Waals surface area contributed by atoms with Crippen molar-refractivity contribution < 1.29 is 24.3 Å². The van der Waals surface area contributed by atoms with Gasteiger partial charge >= 0.3 is 0 Å². The first-order chi connectivity index (χ1) is 14.5. The Hall–Kier alpha value is -3.58. The Morgan fingerprint density at radius 1 is 1.03 bits per heavy atom. The number of hydrogen-bond acceptors (Lipinski definition) is 5. The number of hydrogen-bond donors (Lipinski definition) is 3. The summed E-state index contributed by atoms with van der Waals surface area (Å²) in [5.74, 6) is 0.377. The molecule has 30 heavy (non-hydrogen) atoms. The fourth-order valence-corrected chi connectivity index (χ4v) is 2.90. The molecule has 1 fully saturated rings. The van der Waals surface area contributed by atoms with Crippen molar-refractivity contribution in [3.8, 4) is 11.5 Å². The van der Waals surface area contributed by atoms with Gasteiger partial charge in [0.1, 0.15) is 0 Å². The Labute approximate surface area is 175 Å². The summed E-state index contributed by atoms with van der Waals surface area (Å²) in [6.07, 6.45) is 6.52. The molecule has 0 unspecified atom stereocenters. The van der Waals surface area contributed by atoms with E-state index in [0.29, 0.717) is 28.2 Å². The molecule has 2 aromatic rings. The fraction of sp³-hybridized carbons (Fsp3) is 0.217. The van der Waals surface area contributed by atoms with E-state index in [1.807, 2.05) is 12.1 Å². The van der Waals surface area contributed by atoms with Crippen LogP contribution in [0.5, 0.6) is 11.5 Å². The molecule has 1 saturated carbocycles. The van der Waals surface area contributed by atoms with E-state index < -0.39 is 5.91 Å². The van der Waals surface area contributed by atoms with E-state index in [1.165, 1.54) is 6.08 Å². The van der Waals surface area contributed by atoms with Gasteiger partial charge in [-0.25, -0.2) is 5.48 Å². The number of ether oxygens (including phenoxy) is 2. The maximum absolute atomic E-state index is 12.9. The molecule has 0 bridgehead atoms. The Balaban J connectivity index is 1.99. The third-order valence-corrected chi connectivity index (χ3v) is 4.61. The number of nitrogens with one attached hydrogen (secondary N) is 2. The lowest BCUT2D eigenvalue weighted by Gasteiger charge is -2.11. The number of hydroxylamine groups is 1. The normalized spacial score (nSPS) is 13.8. The number of benzene rings is 2. The summed E-state index contributed by atoms with van der Waals surface area (Å²) in [6.45, 7) is 0. The smallest absolute Gasteiger partial charge is 0.267 e. The maximum atomic E-state index is 12.9.